The van der Waals surface area contributed by atoms with Gasteiger partial charge in [0.15, 0.2) is 0 Å². The van der Waals surface area contributed by atoms with Crippen LogP contribution in [0.4, 0.5) is 8.78 Å². The van der Waals surface area contributed by atoms with Crippen molar-refractivity contribution in [2.24, 2.45) is 0 Å². The summed E-state index contributed by atoms with van der Waals surface area (Å²) in [7, 11) is 0. The second-order valence-corrected chi connectivity index (χ2v) is 3.84. The summed E-state index contributed by atoms with van der Waals surface area (Å²) in [5.41, 5.74) is 1.38. The summed E-state index contributed by atoms with van der Waals surface area (Å²) in [5.74, 6) is 0.412. The Kier molecular flexibility index (Phi) is 3.38. The highest BCUT2D eigenvalue weighted by Crippen LogP contribution is 2.24. The molecule has 2 rings (SSSR count). The van der Waals surface area contributed by atoms with Gasteiger partial charge in [0.05, 0.1) is 0 Å². The molecule has 3 heteroatoms. The summed E-state index contributed by atoms with van der Waals surface area (Å²) >= 11 is 0. The van der Waals surface area contributed by atoms with Crippen molar-refractivity contribution in [3.05, 3.63) is 59.4 Å². The van der Waals surface area contributed by atoms with Crippen molar-refractivity contribution < 1.29 is 13.5 Å². The smallest absolute Gasteiger partial charge is 0.130 e. The second-order valence-electron chi connectivity index (χ2n) is 3.84. The maximum atomic E-state index is 13.1. The van der Waals surface area contributed by atoms with Crippen molar-refractivity contribution in [3.8, 4) is 11.5 Å². The average molecular weight is 234 g/mol. The standard InChI is InChI=1S/C14H12F2O/c1-10-2-4-13(5-3-10)17-14-7-11(9-15)6-12(16)8-14/h2-8H,9H2,1H3. The van der Waals surface area contributed by atoms with Crippen molar-refractivity contribution in [1.29, 1.82) is 0 Å². The summed E-state index contributed by atoms with van der Waals surface area (Å²) in [6, 6.07) is 11.2. The van der Waals surface area contributed by atoms with E-state index < -0.39 is 12.5 Å². The van der Waals surface area contributed by atoms with Crippen LogP contribution in [0.3, 0.4) is 0 Å². The van der Waals surface area contributed by atoms with E-state index in [1.807, 2.05) is 19.1 Å². The Labute approximate surface area is 98.7 Å². The van der Waals surface area contributed by atoms with Crippen LogP contribution in [0.25, 0.3) is 0 Å². The Morgan fingerprint density at radius 3 is 2.35 bits per heavy atom. The molecule has 1 nitrogen and oxygen atoms in total. The first-order valence-electron chi connectivity index (χ1n) is 5.27. The van der Waals surface area contributed by atoms with Crippen LogP contribution in [-0.4, -0.2) is 0 Å². The molecule has 0 aliphatic carbocycles. The van der Waals surface area contributed by atoms with Crippen LogP contribution in [0.5, 0.6) is 11.5 Å². The highest BCUT2D eigenvalue weighted by molar-refractivity contribution is 5.35. The van der Waals surface area contributed by atoms with Crippen molar-refractivity contribution in [1.82, 2.24) is 0 Å². The lowest BCUT2D eigenvalue weighted by molar-refractivity contribution is 0.461. The van der Waals surface area contributed by atoms with Crippen LogP contribution >= 0.6 is 0 Å². The minimum Gasteiger partial charge on any atom is -0.457 e. The quantitative estimate of drug-likeness (QED) is 0.765. The topological polar surface area (TPSA) is 9.23 Å². The Hall–Kier alpha value is -1.90. The summed E-state index contributed by atoms with van der Waals surface area (Å²) in [5, 5.41) is 0. The third kappa shape index (κ3) is 3.03. The lowest BCUT2D eigenvalue weighted by Gasteiger charge is -2.07. The van der Waals surface area contributed by atoms with Gasteiger partial charge in [0, 0.05) is 6.07 Å². The number of benzene rings is 2. The van der Waals surface area contributed by atoms with Gasteiger partial charge in [-0.2, -0.15) is 0 Å². The molecule has 0 aliphatic heterocycles. The van der Waals surface area contributed by atoms with Gasteiger partial charge in [-0.1, -0.05) is 17.7 Å². The van der Waals surface area contributed by atoms with Crippen LogP contribution in [0, 0.1) is 12.7 Å². The zero-order chi connectivity index (χ0) is 12.3. The molecular formula is C14H12F2O. The lowest BCUT2D eigenvalue weighted by atomic mass is 10.2. The van der Waals surface area contributed by atoms with Crippen LogP contribution in [0.1, 0.15) is 11.1 Å². The summed E-state index contributed by atoms with van der Waals surface area (Å²) in [6.07, 6.45) is 0. The predicted molar refractivity (Wildman–Crippen MR) is 62.5 cm³/mol. The molecule has 0 saturated heterocycles. The van der Waals surface area contributed by atoms with E-state index in [1.54, 1.807) is 12.1 Å². The van der Waals surface area contributed by atoms with E-state index in [1.165, 1.54) is 12.1 Å². The maximum absolute atomic E-state index is 13.1. The first-order chi connectivity index (χ1) is 8.17. The van der Waals surface area contributed by atoms with Gasteiger partial charge in [-0.25, -0.2) is 8.78 Å². The fourth-order valence-corrected chi connectivity index (χ4v) is 1.50. The minimum absolute atomic E-state index is 0.270. The molecule has 0 aliphatic rings. The van der Waals surface area contributed by atoms with Gasteiger partial charge in [0.2, 0.25) is 0 Å². The second kappa shape index (κ2) is 4.95. The van der Waals surface area contributed by atoms with Gasteiger partial charge in [-0.05, 0) is 36.8 Å². The molecule has 2 aromatic rings. The normalized spacial score (nSPS) is 10.3. The zero-order valence-electron chi connectivity index (χ0n) is 9.41. The highest BCUT2D eigenvalue weighted by Gasteiger charge is 2.03. The van der Waals surface area contributed by atoms with E-state index in [4.69, 9.17) is 4.74 Å². The third-order valence-corrected chi connectivity index (χ3v) is 2.34. The summed E-state index contributed by atoms with van der Waals surface area (Å²) in [4.78, 5) is 0. The Morgan fingerprint density at radius 2 is 1.71 bits per heavy atom. The van der Waals surface area contributed by atoms with Crippen LogP contribution in [0.15, 0.2) is 42.5 Å². The molecule has 0 radical (unpaired) electrons. The molecule has 0 amide bonds. The van der Waals surface area contributed by atoms with E-state index in [-0.39, 0.29) is 5.56 Å². The molecule has 0 spiro atoms. The first kappa shape index (κ1) is 11.6. The van der Waals surface area contributed by atoms with Crippen molar-refractivity contribution in [2.45, 2.75) is 13.6 Å². The Bertz CT molecular complexity index is 506. The van der Waals surface area contributed by atoms with E-state index >= 15 is 0 Å². The molecule has 0 fully saturated rings. The first-order valence-corrected chi connectivity index (χ1v) is 5.27. The van der Waals surface area contributed by atoms with Crippen molar-refractivity contribution in [3.63, 3.8) is 0 Å². The SMILES string of the molecule is Cc1ccc(Oc2cc(F)cc(CF)c2)cc1. The van der Waals surface area contributed by atoms with E-state index in [0.29, 0.717) is 11.5 Å². The molecular weight excluding hydrogens is 222 g/mol. The number of rotatable bonds is 3. The molecule has 0 aromatic heterocycles. The van der Waals surface area contributed by atoms with Gasteiger partial charge >= 0.3 is 0 Å². The number of alkyl halides is 1. The molecule has 0 atom stereocenters. The van der Waals surface area contributed by atoms with Gasteiger partial charge in [0.25, 0.3) is 0 Å². The lowest BCUT2D eigenvalue weighted by Crippen LogP contribution is -1.88. The van der Waals surface area contributed by atoms with Gasteiger partial charge in [-0.15, -0.1) is 0 Å². The van der Waals surface area contributed by atoms with E-state index in [9.17, 15) is 8.78 Å². The van der Waals surface area contributed by atoms with Gasteiger partial charge < -0.3 is 4.74 Å². The van der Waals surface area contributed by atoms with Crippen LogP contribution in [-0.2, 0) is 6.67 Å². The third-order valence-electron chi connectivity index (χ3n) is 2.34. The van der Waals surface area contributed by atoms with E-state index in [2.05, 4.69) is 0 Å². The summed E-state index contributed by atoms with van der Waals surface area (Å²) in [6.45, 7) is 1.26. The largest absolute Gasteiger partial charge is 0.457 e. The number of aryl methyl sites for hydroxylation is 1. The molecule has 0 heterocycles. The van der Waals surface area contributed by atoms with Crippen molar-refractivity contribution >= 4 is 0 Å². The fraction of sp³-hybridized carbons (Fsp3) is 0.143. The zero-order valence-corrected chi connectivity index (χ0v) is 9.41. The van der Waals surface area contributed by atoms with Crippen LogP contribution < -0.4 is 4.74 Å². The number of hydrogen-bond acceptors (Lipinski definition) is 1. The fourth-order valence-electron chi connectivity index (χ4n) is 1.50. The molecule has 0 saturated carbocycles. The molecule has 0 bridgehead atoms. The number of ether oxygens (including phenoxy) is 1. The number of hydrogen-bond donors (Lipinski definition) is 0. The average Bonchev–Trinajstić information content (AvgIpc) is 2.31. The molecule has 88 valence electrons. The Morgan fingerprint density at radius 1 is 1.00 bits per heavy atom. The summed E-state index contributed by atoms with van der Waals surface area (Å²) < 4.78 is 31.0. The van der Waals surface area contributed by atoms with Gasteiger partial charge in [-0.3, -0.25) is 0 Å². The van der Waals surface area contributed by atoms with Crippen LogP contribution in [0.2, 0.25) is 0 Å². The number of halogens is 2. The molecule has 2 aromatic carbocycles. The molecule has 0 unspecified atom stereocenters. The highest BCUT2D eigenvalue weighted by atomic mass is 19.1. The molecule has 0 N–H and O–H groups in total. The maximum Gasteiger partial charge on any atom is 0.130 e. The minimum atomic E-state index is -0.706. The monoisotopic (exact) mass is 234 g/mol. The van der Waals surface area contributed by atoms with E-state index in [0.717, 1.165) is 11.6 Å². The Balaban J connectivity index is 2.23. The molecule has 17 heavy (non-hydrogen) atoms. The van der Waals surface area contributed by atoms with Gasteiger partial charge in [0.1, 0.15) is 24.0 Å². The predicted octanol–water partition coefficient (Wildman–Crippen LogP) is 4.40. The van der Waals surface area contributed by atoms with Crippen molar-refractivity contribution in [2.75, 3.05) is 0 Å².